The zero-order valence-electron chi connectivity index (χ0n) is 11.4. The van der Waals surface area contributed by atoms with Crippen molar-refractivity contribution in [1.82, 2.24) is 4.98 Å². The molecule has 21 heavy (non-hydrogen) atoms. The molecule has 6 heteroatoms. The van der Waals surface area contributed by atoms with Gasteiger partial charge in [0.25, 0.3) is 0 Å². The number of nitrogens with zero attached hydrogens (tertiary/aromatic N) is 1. The Morgan fingerprint density at radius 3 is 2.71 bits per heavy atom. The molecule has 5 nitrogen and oxygen atoms in total. The number of anilines is 1. The van der Waals surface area contributed by atoms with Gasteiger partial charge in [0.2, 0.25) is 5.91 Å². The second kappa shape index (κ2) is 4.66. The lowest BCUT2D eigenvalue weighted by Gasteiger charge is -2.23. The minimum atomic E-state index is -0.867. The fourth-order valence-electron chi connectivity index (χ4n) is 3.95. The summed E-state index contributed by atoms with van der Waals surface area (Å²) in [5.74, 6) is -2.05. The van der Waals surface area contributed by atoms with Gasteiger partial charge in [-0.2, -0.15) is 0 Å². The van der Waals surface area contributed by atoms with Crippen molar-refractivity contribution in [3.63, 3.8) is 0 Å². The highest BCUT2D eigenvalue weighted by Gasteiger charge is 2.51. The van der Waals surface area contributed by atoms with Crippen LogP contribution in [0.25, 0.3) is 0 Å². The normalized spacial score (nSPS) is 32.4. The number of aryl methyl sites for hydroxylation is 2. The van der Waals surface area contributed by atoms with Crippen LogP contribution in [0.4, 0.5) is 5.13 Å². The molecule has 1 saturated carbocycles. The number of allylic oxidation sites excluding steroid dienone is 2. The Hall–Kier alpha value is -1.69. The van der Waals surface area contributed by atoms with Crippen LogP contribution in [-0.2, 0) is 22.4 Å². The standard InChI is InChI=1S/C15H16N2O3S/c18-13(17-15-16-9-2-1-3-10(9)21-15)11-7-4-5-8(6-7)12(11)14(19)20/h4-5,7-8,11-12H,1-3,6H2,(H,19,20)(H,16,17,18). The smallest absolute Gasteiger partial charge is 0.307 e. The molecule has 2 bridgehead atoms. The maximum Gasteiger partial charge on any atom is 0.307 e. The summed E-state index contributed by atoms with van der Waals surface area (Å²) in [7, 11) is 0. The average molecular weight is 304 g/mol. The van der Waals surface area contributed by atoms with E-state index in [1.807, 2.05) is 12.2 Å². The van der Waals surface area contributed by atoms with Gasteiger partial charge in [0.15, 0.2) is 5.13 Å². The van der Waals surface area contributed by atoms with Crippen LogP contribution >= 0.6 is 11.3 Å². The molecule has 4 unspecified atom stereocenters. The Kier molecular flexibility index (Phi) is 2.89. The Morgan fingerprint density at radius 1 is 1.24 bits per heavy atom. The van der Waals surface area contributed by atoms with E-state index in [9.17, 15) is 14.7 Å². The molecule has 0 aliphatic heterocycles. The molecular weight excluding hydrogens is 288 g/mol. The minimum Gasteiger partial charge on any atom is -0.481 e. The molecule has 1 heterocycles. The van der Waals surface area contributed by atoms with Gasteiger partial charge in [-0.15, -0.1) is 11.3 Å². The van der Waals surface area contributed by atoms with Crippen LogP contribution in [0.15, 0.2) is 12.2 Å². The van der Waals surface area contributed by atoms with Crippen LogP contribution in [0, 0.1) is 23.7 Å². The summed E-state index contributed by atoms with van der Waals surface area (Å²) >= 11 is 1.53. The molecule has 0 radical (unpaired) electrons. The Bertz CT molecular complexity index is 630. The number of carbonyl (C=O) groups is 2. The van der Waals surface area contributed by atoms with Crippen LogP contribution in [0.2, 0.25) is 0 Å². The van der Waals surface area contributed by atoms with Gasteiger partial charge >= 0.3 is 5.97 Å². The van der Waals surface area contributed by atoms with E-state index in [1.165, 1.54) is 16.2 Å². The first-order valence-corrected chi connectivity index (χ1v) is 8.15. The first-order chi connectivity index (χ1) is 10.1. The summed E-state index contributed by atoms with van der Waals surface area (Å²) in [6.07, 6.45) is 7.89. The third-order valence-corrected chi connectivity index (χ3v) is 5.95. The number of carbonyl (C=O) groups excluding carboxylic acids is 1. The van der Waals surface area contributed by atoms with Gasteiger partial charge in [0.1, 0.15) is 0 Å². The zero-order chi connectivity index (χ0) is 14.6. The maximum absolute atomic E-state index is 12.5. The predicted molar refractivity (Wildman–Crippen MR) is 78.1 cm³/mol. The molecule has 4 rings (SSSR count). The van der Waals surface area contributed by atoms with Crippen LogP contribution in [0.5, 0.6) is 0 Å². The number of rotatable bonds is 3. The number of hydrogen-bond donors (Lipinski definition) is 2. The molecule has 1 fully saturated rings. The van der Waals surface area contributed by atoms with Gasteiger partial charge in [-0.3, -0.25) is 9.59 Å². The molecule has 0 aromatic carbocycles. The van der Waals surface area contributed by atoms with E-state index in [1.54, 1.807) is 0 Å². The molecule has 2 N–H and O–H groups in total. The summed E-state index contributed by atoms with van der Waals surface area (Å²) < 4.78 is 0. The Morgan fingerprint density at radius 2 is 2.00 bits per heavy atom. The number of carboxylic acid groups (broad SMARTS) is 1. The topological polar surface area (TPSA) is 79.3 Å². The van der Waals surface area contributed by atoms with Crippen molar-refractivity contribution in [3.05, 3.63) is 22.7 Å². The summed E-state index contributed by atoms with van der Waals surface area (Å²) in [5, 5.41) is 12.9. The number of carboxylic acids is 1. The molecule has 1 aromatic heterocycles. The number of thiazole rings is 1. The largest absolute Gasteiger partial charge is 0.481 e. The number of fused-ring (bicyclic) bond motifs is 3. The van der Waals surface area contributed by atoms with Gasteiger partial charge in [0, 0.05) is 4.88 Å². The van der Waals surface area contributed by atoms with Crippen LogP contribution in [0.1, 0.15) is 23.4 Å². The fourth-order valence-corrected chi connectivity index (χ4v) is 5.00. The van der Waals surface area contributed by atoms with E-state index < -0.39 is 17.8 Å². The van der Waals surface area contributed by atoms with Crippen LogP contribution < -0.4 is 5.32 Å². The van der Waals surface area contributed by atoms with Crippen molar-refractivity contribution in [2.24, 2.45) is 23.7 Å². The SMILES string of the molecule is O=C(O)C1C2C=CC(C2)C1C(=O)Nc1nc2c(s1)CCC2. The van der Waals surface area contributed by atoms with Crippen molar-refractivity contribution in [2.45, 2.75) is 25.7 Å². The highest BCUT2D eigenvalue weighted by atomic mass is 32.1. The van der Waals surface area contributed by atoms with E-state index in [0.717, 1.165) is 31.4 Å². The van der Waals surface area contributed by atoms with Crippen molar-refractivity contribution >= 4 is 28.3 Å². The molecule has 3 aliphatic carbocycles. The molecule has 1 aromatic rings. The van der Waals surface area contributed by atoms with Crippen molar-refractivity contribution < 1.29 is 14.7 Å². The zero-order valence-corrected chi connectivity index (χ0v) is 12.2. The predicted octanol–water partition coefficient (Wildman–Crippen LogP) is 2.09. The van der Waals surface area contributed by atoms with E-state index in [-0.39, 0.29) is 17.7 Å². The number of amides is 1. The highest BCUT2D eigenvalue weighted by Crippen LogP contribution is 2.48. The highest BCUT2D eigenvalue weighted by molar-refractivity contribution is 7.15. The maximum atomic E-state index is 12.5. The average Bonchev–Trinajstić information content (AvgIpc) is 3.15. The first-order valence-electron chi connectivity index (χ1n) is 7.34. The minimum absolute atomic E-state index is 0.00421. The molecule has 110 valence electrons. The Balaban J connectivity index is 1.54. The lowest BCUT2D eigenvalue weighted by atomic mass is 9.82. The van der Waals surface area contributed by atoms with Crippen molar-refractivity contribution in [2.75, 3.05) is 5.32 Å². The van der Waals surface area contributed by atoms with E-state index in [2.05, 4.69) is 10.3 Å². The Labute approximate surface area is 126 Å². The molecule has 0 spiro atoms. The molecule has 4 atom stereocenters. The van der Waals surface area contributed by atoms with Crippen molar-refractivity contribution in [1.29, 1.82) is 0 Å². The van der Waals surface area contributed by atoms with Gasteiger partial charge in [-0.1, -0.05) is 12.2 Å². The van der Waals surface area contributed by atoms with Crippen LogP contribution in [-0.4, -0.2) is 22.0 Å². The van der Waals surface area contributed by atoms with Gasteiger partial charge in [-0.05, 0) is 37.5 Å². The summed E-state index contributed by atoms with van der Waals surface area (Å²) in [6.45, 7) is 0. The molecule has 1 amide bonds. The van der Waals surface area contributed by atoms with E-state index in [0.29, 0.717) is 5.13 Å². The fraction of sp³-hybridized carbons (Fsp3) is 0.533. The molecule has 0 saturated heterocycles. The third kappa shape index (κ3) is 2.00. The third-order valence-electron chi connectivity index (χ3n) is 4.87. The quantitative estimate of drug-likeness (QED) is 0.838. The van der Waals surface area contributed by atoms with E-state index >= 15 is 0 Å². The molecular formula is C15H16N2O3S. The van der Waals surface area contributed by atoms with Crippen LogP contribution in [0.3, 0.4) is 0 Å². The lowest BCUT2D eigenvalue weighted by molar-refractivity contribution is -0.146. The van der Waals surface area contributed by atoms with Crippen molar-refractivity contribution in [3.8, 4) is 0 Å². The summed E-state index contributed by atoms with van der Waals surface area (Å²) in [4.78, 5) is 29.7. The summed E-state index contributed by atoms with van der Waals surface area (Å²) in [6, 6.07) is 0. The van der Waals surface area contributed by atoms with Gasteiger partial charge in [0.05, 0.1) is 17.5 Å². The monoisotopic (exact) mass is 304 g/mol. The number of nitrogens with one attached hydrogen (secondary N) is 1. The van der Waals surface area contributed by atoms with E-state index in [4.69, 9.17) is 0 Å². The first kappa shape index (κ1) is 13.0. The number of aliphatic carboxylic acids is 1. The van der Waals surface area contributed by atoms with Gasteiger partial charge < -0.3 is 10.4 Å². The molecule has 3 aliphatic rings. The summed E-state index contributed by atoms with van der Waals surface area (Å²) in [5.41, 5.74) is 1.10. The van der Waals surface area contributed by atoms with Gasteiger partial charge in [-0.25, -0.2) is 4.98 Å². The lowest BCUT2D eigenvalue weighted by Crippen LogP contribution is -2.36. The number of hydrogen-bond acceptors (Lipinski definition) is 4. The number of aromatic nitrogens is 1. The second-order valence-electron chi connectivity index (χ2n) is 6.07. The second-order valence-corrected chi connectivity index (χ2v) is 7.15.